The van der Waals surface area contributed by atoms with Crippen molar-refractivity contribution >= 4 is 18.3 Å². The molecule has 0 radical (unpaired) electrons. The standard InChI is InChI=1S/C19H35N3O10S/c1-8(32-22-33)5-20-13-16(27)17(12(7-24)30-18(13)28-4)31-19-14(21-10(3)25)15(26)9(2)11(6-23)29-19/h8-9,11-20,23-24,26-27H,5-7H2,1-4H3,(H,21,25)/t8?,9-,11?,12?,13?,14?,15+,16-,17-,18-,19+/m1/s1. The smallest absolute Gasteiger partial charge is 0.217 e. The fourth-order valence-electron chi connectivity index (χ4n) is 4.02. The number of nitrogens with one attached hydrogen (secondary N) is 2. The Labute approximate surface area is 197 Å². The van der Waals surface area contributed by atoms with Crippen molar-refractivity contribution < 1.29 is 49.0 Å². The molecule has 0 aromatic heterocycles. The first-order chi connectivity index (χ1) is 15.7. The summed E-state index contributed by atoms with van der Waals surface area (Å²) in [5.74, 6) is -0.929. The van der Waals surface area contributed by atoms with Gasteiger partial charge >= 0.3 is 0 Å². The number of carbonyl (C=O) groups is 1. The molecule has 0 bridgehead atoms. The van der Waals surface area contributed by atoms with E-state index in [1.54, 1.807) is 13.8 Å². The number of ether oxygens (including phenoxy) is 4. The minimum absolute atomic E-state index is 0.235. The van der Waals surface area contributed by atoms with Gasteiger partial charge in [0.15, 0.2) is 12.6 Å². The Bertz CT molecular complexity index is 635. The van der Waals surface area contributed by atoms with Gasteiger partial charge in [0.1, 0.15) is 30.5 Å². The van der Waals surface area contributed by atoms with Crippen LogP contribution in [0.15, 0.2) is 4.53 Å². The number of methoxy groups -OCH3 is 1. The van der Waals surface area contributed by atoms with Crippen LogP contribution in [0.4, 0.5) is 0 Å². The van der Waals surface area contributed by atoms with E-state index in [0.717, 1.165) is 0 Å². The maximum absolute atomic E-state index is 11.7. The molecule has 2 rings (SSSR count). The van der Waals surface area contributed by atoms with Gasteiger partial charge in [0.05, 0.1) is 43.9 Å². The van der Waals surface area contributed by atoms with E-state index in [4.69, 9.17) is 23.8 Å². The van der Waals surface area contributed by atoms with Crippen LogP contribution in [0.3, 0.4) is 0 Å². The van der Waals surface area contributed by atoms with Crippen LogP contribution in [0.1, 0.15) is 20.8 Å². The normalized spacial score (nSPS) is 40.1. The van der Waals surface area contributed by atoms with Crippen LogP contribution < -0.4 is 10.6 Å². The molecule has 5 unspecified atom stereocenters. The predicted octanol–water partition coefficient (Wildman–Crippen LogP) is -2.68. The van der Waals surface area contributed by atoms with Crippen molar-refractivity contribution in [2.45, 2.75) is 82.1 Å². The molecule has 2 aliphatic heterocycles. The van der Waals surface area contributed by atoms with Gasteiger partial charge in [-0.3, -0.25) is 4.79 Å². The third-order valence-corrected chi connectivity index (χ3v) is 5.97. The van der Waals surface area contributed by atoms with E-state index in [-0.39, 0.29) is 13.2 Å². The summed E-state index contributed by atoms with van der Waals surface area (Å²) in [6, 6.07) is -1.79. The van der Waals surface area contributed by atoms with Crippen molar-refractivity contribution in [2.24, 2.45) is 10.4 Å². The van der Waals surface area contributed by atoms with Crippen LogP contribution in [0.25, 0.3) is 0 Å². The third kappa shape index (κ3) is 6.97. The molecule has 14 heteroatoms. The van der Waals surface area contributed by atoms with E-state index in [9.17, 15) is 25.2 Å². The predicted molar refractivity (Wildman–Crippen MR) is 114 cm³/mol. The monoisotopic (exact) mass is 497 g/mol. The third-order valence-electron chi connectivity index (χ3n) is 5.89. The van der Waals surface area contributed by atoms with E-state index in [2.05, 4.69) is 27.6 Å². The number of nitrogens with zero attached hydrogens (tertiary/aromatic N) is 1. The molecule has 13 nitrogen and oxygen atoms in total. The zero-order valence-corrected chi connectivity index (χ0v) is 19.9. The topological polar surface area (TPSA) is 181 Å². The molecule has 2 saturated heterocycles. The number of aliphatic hydroxyl groups is 4. The number of hydrogen-bond donors (Lipinski definition) is 6. The number of carbonyl (C=O) groups excluding carboxylic acids is 1. The lowest BCUT2D eigenvalue weighted by Gasteiger charge is -2.48. The molecule has 1 amide bonds. The Hall–Kier alpha value is -1.07. The average Bonchev–Trinajstić information content (AvgIpc) is 2.78. The van der Waals surface area contributed by atoms with Crippen LogP contribution in [0.2, 0.25) is 0 Å². The highest BCUT2D eigenvalue weighted by Gasteiger charge is 2.50. The molecule has 0 aliphatic carbocycles. The highest BCUT2D eigenvalue weighted by molar-refractivity contribution is 7.47. The van der Waals surface area contributed by atoms with Gasteiger partial charge in [-0.15, -0.1) is 0 Å². The Kier molecular flexibility index (Phi) is 11.2. The Balaban J connectivity index is 2.24. The minimum atomic E-state index is -1.26. The lowest BCUT2D eigenvalue weighted by Crippen LogP contribution is -2.68. The van der Waals surface area contributed by atoms with E-state index in [1.807, 2.05) is 0 Å². The quantitative estimate of drug-likeness (QED) is 0.163. The van der Waals surface area contributed by atoms with E-state index < -0.39 is 79.7 Å². The maximum Gasteiger partial charge on any atom is 0.217 e. The molecule has 2 fully saturated rings. The summed E-state index contributed by atoms with van der Waals surface area (Å²) in [6.45, 7) is 4.01. The van der Waals surface area contributed by atoms with Crippen molar-refractivity contribution in [3.8, 4) is 0 Å². The van der Waals surface area contributed by atoms with Crippen LogP contribution in [-0.4, -0.2) is 114 Å². The second kappa shape index (κ2) is 13.1. The summed E-state index contributed by atoms with van der Waals surface area (Å²) in [5.41, 5.74) is 0. The summed E-state index contributed by atoms with van der Waals surface area (Å²) in [4.78, 5) is 16.7. The fraction of sp³-hybridized carbons (Fsp3) is 0.947. The molecular weight excluding hydrogens is 462 g/mol. The number of amides is 1. The SMILES string of the molecule is CO[C@@H]1OC(CO)[C@@H](O[C@@H]2OC(CO)[C@@H](C)[C@H](O)C2NC(C)=O)[C@H](O)C1NCC(C)ON=S. The summed E-state index contributed by atoms with van der Waals surface area (Å²) >= 11 is 4.43. The van der Waals surface area contributed by atoms with Gasteiger partial charge in [-0.25, -0.2) is 0 Å². The van der Waals surface area contributed by atoms with Crippen LogP contribution >= 0.6 is 0 Å². The van der Waals surface area contributed by atoms with Crippen molar-refractivity contribution in [3.05, 3.63) is 0 Å². The van der Waals surface area contributed by atoms with E-state index >= 15 is 0 Å². The van der Waals surface area contributed by atoms with Gasteiger partial charge < -0.3 is 54.8 Å². The summed E-state index contributed by atoms with van der Waals surface area (Å²) in [5, 5.41) is 47.0. The summed E-state index contributed by atoms with van der Waals surface area (Å²) in [6.07, 6.45) is -7.86. The van der Waals surface area contributed by atoms with Gasteiger partial charge in [0, 0.05) is 26.5 Å². The van der Waals surface area contributed by atoms with E-state index in [0.29, 0.717) is 0 Å². The molecule has 0 spiro atoms. The number of hydrogen-bond acceptors (Lipinski definition) is 13. The zero-order valence-electron chi connectivity index (χ0n) is 19.1. The largest absolute Gasteiger partial charge is 0.394 e. The van der Waals surface area contributed by atoms with Crippen LogP contribution in [-0.2, 0) is 41.0 Å². The van der Waals surface area contributed by atoms with Crippen molar-refractivity contribution in [3.63, 3.8) is 0 Å². The van der Waals surface area contributed by atoms with Crippen molar-refractivity contribution in [2.75, 3.05) is 26.9 Å². The average molecular weight is 498 g/mol. The Morgan fingerprint density at radius 2 is 1.76 bits per heavy atom. The van der Waals surface area contributed by atoms with Crippen LogP contribution in [0, 0.1) is 5.92 Å². The highest BCUT2D eigenvalue weighted by Crippen LogP contribution is 2.31. The lowest BCUT2D eigenvalue weighted by atomic mass is 9.89. The molecule has 33 heavy (non-hydrogen) atoms. The van der Waals surface area contributed by atoms with Gasteiger partial charge in [0.25, 0.3) is 0 Å². The first kappa shape index (κ1) is 28.2. The molecule has 0 saturated carbocycles. The Morgan fingerprint density at radius 3 is 2.30 bits per heavy atom. The lowest BCUT2D eigenvalue weighted by molar-refractivity contribution is -0.326. The van der Waals surface area contributed by atoms with Gasteiger partial charge in [-0.05, 0) is 11.4 Å². The van der Waals surface area contributed by atoms with Crippen molar-refractivity contribution in [1.29, 1.82) is 0 Å². The number of rotatable bonds is 11. The molecule has 11 atom stereocenters. The summed E-state index contributed by atoms with van der Waals surface area (Å²) in [7, 11) is 1.39. The van der Waals surface area contributed by atoms with Crippen LogP contribution in [0.5, 0.6) is 0 Å². The molecule has 2 heterocycles. The van der Waals surface area contributed by atoms with Crippen molar-refractivity contribution in [1.82, 2.24) is 10.6 Å². The Morgan fingerprint density at radius 1 is 1.12 bits per heavy atom. The molecule has 2 aliphatic rings. The molecule has 6 N–H and O–H groups in total. The first-order valence-electron chi connectivity index (χ1n) is 10.7. The maximum atomic E-state index is 11.7. The second-order valence-electron chi connectivity index (χ2n) is 8.28. The fourth-order valence-corrected chi connectivity index (χ4v) is 4.17. The van der Waals surface area contributed by atoms with Gasteiger partial charge in [-0.2, -0.15) is 0 Å². The van der Waals surface area contributed by atoms with Gasteiger partial charge in [-0.1, -0.05) is 6.92 Å². The molecule has 192 valence electrons. The molecule has 0 aromatic carbocycles. The zero-order chi connectivity index (χ0) is 24.7. The first-order valence-corrected chi connectivity index (χ1v) is 11.1. The van der Waals surface area contributed by atoms with E-state index in [1.165, 1.54) is 14.0 Å². The molecular formula is C19H35N3O10S. The second-order valence-corrected chi connectivity index (χ2v) is 8.43. The molecule has 0 aromatic rings. The highest BCUT2D eigenvalue weighted by atomic mass is 32.1. The van der Waals surface area contributed by atoms with Gasteiger partial charge in [0.2, 0.25) is 5.91 Å². The summed E-state index contributed by atoms with van der Waals surface area (Å²) < 4.78 is 26.1. The minimum Gasteiger partial charge on any atom is -0.394 e. The number of aliphatic hydroxyl groups excluding tert-OH is 4.